The predicted octanol–water partition coefficient (Wildman–Crippen LogP) is 3.51. The molecule has 1 N–H and O–H groups in total. The van der Waals surface area contributed by atoms with Crippen molar-refractivity contribution in [2.45, 2.75) is 6.54 Å². The summed E-state index contributed by atoms with van der Waals surface area (Å²) in [7, 11) is 0. The van der Waals surface area contributed by atoms with Crippen molar-refractivity contribution >= 4 is 45.8 Å². The minimum absolute atomic E-state index is 0.577. The van der Waals surface area contributed by atoms with Crippen LogP contribution < -0.4 is 0 Å². The van der Waals surface area contributed by atoms with Gasteiger partial charge in [-0.1, -0.05) is 6.08 Å². The molecule has 17 heavy (non-hydrogen) atoms. The monoisotopic (exact) mass is 360 g/mol. The summed E-state index contributed by atoms with van der Waals surface area (Å²) in [5.41, 5.74) is 2.20. The molecule has 90 valence electrons. The molecule has 0 amide bonds. The van der Waals surface area contributed by atoms with E-state index in [4.69, 9.17) is 17.0 Å². The molecule has 3 nitrogen and oxygen atoms in total. The fourth-order valence-electron chi connectivity index (χ4n) is 1.68. The number of halogens is 1. The number of H-pyrrole nitrogens is 1. The van der Waals surface area contributed by atoms with Crippen LogP contribution in [0.1, 0.15) is 0 Å². The summed E-state index contributed by atoms with van der Waals surface area (Å²) in [5, 5.41) is 0. The first-order valence-electron chi connectivity index (χ1n) is 5.29. The summed E-state index contributed by atoms with van der Waals surface area (Å²) in [6, 6.07) is 6.25. The average Bonchev–Trinajstić information content (AvgIpc) is 2.60. The Morgan fingerprint density at radius 3 is 3.12 bits per heavy atom. The first-order valence-corrected chi connectivity index (χ1v) is 6.78. The van der Waals surface area contributed by atoms with Gasteiger partial charge in [0.2, 0.25) is 0 Å². The number of nitrogens with zero attached hydrogens (tertiary/aromatic N) is 1. The summed E-state index contributed by atoms with van der Waals surface area (Å²) in [5.74, 6) is 0. The molecule has 1 aromatic heterocycles. The minimum Gasteiger partial charge on any atom is -0.376 e. The van der Waals surface area contributed by atoms with Crippen LogP contribution in [0.25, 0.3) is 11.0 Å². The van der Waals surface area contributed by atoms with Gasteiger partial charge in [-0.2, -0.15) is 0 Å². The lowest BCUT2D eigenvalue weighted by molar-refractivity contribution is 0.154. The number of ether oxygens (including phenoxy) is 1. The molecule has 0 radical (unpaired) electrons. The second-order valence-corrected chi connectivity index (χ2v) is 5.24. The van der Waals surface area contributed by atoms with E-state index in [0.717, 1.165) is 22.3 Å². The number of aromatic nitrogens is 2. The normalized spacial score (nSPS) is 10.9. The number of rotatable bonds is 5. The maximum absolute atomic E-state index is 5.38. The molecule has 2 aromatic rings. The van der Waals surface area contributed by atoms with Crippen LogP contribution in [-0.2, 0) is 11.3 Å². The van der Waals surface area contributed by atoms with Crippen molar-refractivity contribution in [2.75, 3.05) is 13.2 Å². The molecule has 1 heterocycles. The molecule has 0 bridgehead atoms. The van der Waals surface area contributed by atoms with E-state index in [9.17, 15) is 0 Å². The Morgan fingerprint density at radius 1 is 1.53 bits per heavy atom. The number of imidazole rings is 1. The number of aromatic amines is 1. The summed E-state index contributed by atoms with van der Waals surface area (Å²) in [4.78, 5) is 3.21. The van der Waals surface area contributed by atoms with Crippen molar-refractivity contribution in [1.29, 1.82) is 0 Å². The van der Waals surface area contributed by atoms with Gasteiger partial charge < -0.3 is 14.3 Å². The van der Waals surface area contributed by atoms with E-state index in [1.807, 2.05) is 0 Å². The van der Waals surface area contributed by atoms with Gasteiger partial charge >= 0.3 is 0 Å². The second-order valence-electron chi connectivity index (χ2n) is 3.61. The topological polar surface area (TPSA) is 29.9 Å². The highest BCUT2D eigenvalue weighted by atomic mass is 127. The van der Waals surface area contributed by atoms with Crippen LogP contribution in [0.4, 0.5) is 0 Å². The molecule has 0 unspecified atom stereocenters. The zero-order chi connectivity index (χ0) is 12.3. The Hall–Kier alpha value is -0.660. The molecule has 0 fully saturated rings. The third kappa shape index (κ3) is 2.97. The fraction of sp³-hybridized carbons (Fsp3) is 0.250. The standard InChI is InChI=1S/C12H13IN2OS/c1-2-6-16-7-5-15-11-4-3-9(13)8-10(11)14-12(15)17/h2-4,8H,1,5-7H2,(H,14,17). The van der Waals surface area contributed by atoms with E-state index in [1.165, 1.54) is 3.57 Å². The van der Waals surface area contributed by atoms with Crippen LogP contribution in [0.2, 0.25) is 0 Å². The summed E-state index contributed by atoms with van der Waals surface area (Å²) >= 11 is 7.59. The molecular weight excluding hydrogens is 347 g/mol. The Labute approximate surface area is 119 Å². The second kappa shape index (κ2) is 5.79. The highest BCUT2D eigenvalue weighted by Gasteiger charge is 2.04. The Bertz CT molecular complexity index is 588. The quantitative estimate of drug-likeness (QED) is 0.383. The van der Waals surface area contributed by atoms with E-state index >= 15 is 0 Å². The molecule has 0 aliphatic heterocycles. The van der Waals surface area contributed by atoms with Gasteiger partial charge in [-0.05, 0) is 53.0 Å². The third-order valence-corrected chi connectivity index (χ3v) is 3.42. The zero-order valence-electron chi connectivity index (χ0n) is 9.28. The van der Waals surface area contributed by atoms with Gasteiger partial charge in [-0.15, -0.1) is 6.58 Å². The fourth-order valence-corrected chi connectivity index (χ4v) is 2.47. The third-order valence-electron chi connectivity index (χ3n) is 2.43. The van der Waals surface area contributed by atoms with Gasteiger partial charge in [0.1, 0.15) is 0 Å². The summed E-state index contributed by atoms with van der Waals surface area (Å²) in [6.07, 6.45) is 1.75. The van der Waals surface area contributed by atoms with Crippen LogP contribution in [0.15, 0.2) is 30.9 Å². The lowest BCUT2D eigenvalue weighted by atomic mass is 10.3. The Morgan fingerprint density at radius 2 is 2.35 bits per heavy atom. The highest BCUT2D eigenvalue weighted by Crippen LogP contribution is 2.17. The van der Waals surface area contributed by atoms with Crippen molar-refractivity contribution < 1.29 is 4.74 Å². The van der Waals surface area contributed by atoms with Gasteiger partial charge in [-0.3, -0.25) is 0 Å². The number of nitrogens with one attached hydrogen (secondary N) is 1. The average molecular weight is 360 g/mol. The lowest BCUT2D eigenvalue weighted by Gasteiger charge is -2.04. The number of fused-ring (bicyclic) bond motifs is 1. The van der Waals surface area contributed by atoms with E-state index < -0.39 is 0 Å². The largest absolute Gasteiger partial charge is 0.376 e. The number of hydrogen-bond donors (Lipinski definition) is 1. The van der Waals surface area contributed by atoms with E-state index in [-0.39, 0.29) is 0 Å². The van der Waals surface area contributed by atoms with Crippen molar-refractivity contribution in [1.82, 2.24) is 9.55 Å². The van der Waals surface area contributed by atoms with Crippen molar-refractivity contribution in [3.8, 4) is 0 Å². The molecule has 0 saturated heterocycles. The summed E-state index contributed by atoms with van der Waals surface area (Å²) < 4.78 is 9.38. The number of benzene rings is 1. The number of hydrogen-bond acceptors (Lipinski definition) is 2. The molecular formula is C12H13IN2OS. The van der Waals surface area contributed by atoms with Crippen molar-refractivity contribution in [2.24, 2.45) is 0 Å². The van der Waals surface area contributed by atoms with E-state index in [0.29, 0.717) is 13.2 Å². The lowest BCUT2D eigenvalue weighted by Crippen LogP contribution is -2.05. The smallest absolute Gasteiger partial charge is 0.178 e. The van der Waals surface area contributed by atoms with Crippen molar-refractivity contribution in [3.63, 3.8) is 0 Å². The van der Waals surface area contributed by atoms with Crippen LogP contribution in [-0.4, -0.2) is 22.8 Å². The van der Waals surface area contributed by atoms with Gasteiger partial charge in [0.25, 0.3) is 0 Å². The Balaban J connectivity index is 2.24. The molecule has 5 heteroatoms. The Kier molecular flexibility index (Phi) is 4.36. The van der Waals surface area contributed by atoms with Gasteiger partial charge in [0.15, 0.2) is 4.77 Å². The SMILES string of the molecule is C=CCOCCn1c(=S)[nH]c2cc(I)ccc21. The maximum atomic E-state index is 5.38. The van der Waals surface area contributed by atoms with E-state index in [1.54, 1.807) is 6.08 Å². The van der Waals surface area contributed by atoms with Gasteiger partial charge in [-0.25, -0.2) is 0 Å². The van der Waals surface area contributed by atoms with Crippen LogP contribution >= 0.6 is 34.8 Å². The molecule has 0 spiro atoms. The first-order chi connectivity index (χ1) is 8.22. The molecule has 1 aromatic carbocycles. The first kappa shape index (κ1) is 12.8. The highest BCUT2D eigenvalue weighted by molar-refractivity contribution is 14.1. The van der Waals surface area contributed by atoms with Crippen LogP contribution in [0.3, 0.4) is 0 Å². The van der Waals surface area contributed by atoms with Gasteiger partial charge in [0, 0.05) is 10.1 Å². The van der Waals surface area contributed by atoms with Crippen LogP contribution in [0.5, 0.6) is 0 Å². The predicted molar refractivity (Wildman–Crippen MR) is 80.9 cm³/mol. The molecule has 2 rings (SSSR count). The summed E-state index contributed by atoms with van der Waals surface area (Å²) in [6.45, 7) is 5.59. The molecule has 0 aliphatic rings. The van der Waals surface area contributed by atoms with E-state index in [2.05, 4.69) is 56.9 Å². The molecule has 0 saturated carbocycles. The van der Waals surface area contributed by atoms with Crippen molar-refractivity contribution in [3.05, 3.63) is 39.2 Å². The molecule has 0 atom stereocenters. The van der Waals surface area contributed by atoms with Gasteiger partial charge in [0.05, 0.1) is 24.2 Å². The van der Waals surface area contributed by atoms with Crippen LogP contribution in [0, 0.1) is 8.34 Å². The maximum Gasteiger partial charge on any atom is 0.178 e. The minimum atomic E-state index is 0.577. The molecule has 0 aliphatic carbocycles. The zero-order valence-corrected chi connectivity index (χ0v) is 12.3.